The lowest BCUT2D eigenvalue weighted by molar-refractivity contribution is -0.143. The fraction of sp³-hybridized carbons (Fsp3) is 0.857. The van der Waals surface area contributed by atoms with Crippen LogP contribution in [0.5, 0.6) is 0 Å². The quantitative estimate of drug-likeness (QED) is 0.585. The maximum absolute atomic E-state index is 11.7. The Morgan fingerprint density at radius 2 is 1.89 bits per heavy atom. The molecular weight excluding hydrogens is 244 g/mol. The first-order valence-electron chi connectivity index (χ1n) is 7.35. The van der Waals surface area contributed by atoms with E-state index in [9.17, 15) is 9.59 Å². The smallest absolute Gasteiger partial charge is 0.306 e. The molecule has 0 spiro atoms. The van der Waals surface area contributed by atoms with E-state index in [1.807, 2.05) is 0 Å². The van der Waals surface area contributed by atoms with Gasteiger partial charge in [-0.25, -0.2) is 0 Å². The van der Waals surface area contributed by atoms with E-state index in [0.29, 0.717) is 19.4 Å². The van der Waals surface area contributed by atoms with Crippen molar-refractivity contribution in [3.05, 3.63) is 0 Å². The molecular formula is C14H26N2O3. The third-order valence-electron chi connectivity index (χ3n) is 3.75. The van der Waals surface area contributed by atoms with E-state index in [-0.39, 0.29) is 17.9 Å². The van der Waals surface area contributed by atoms with Crippen LogP contribution in [0.3, 0.4) is 0 Å². The third-order valence-corrected chi connectivity index (χ3v) is 3.75. The fourth-order valence-electron chi connectivity index (χ4n) is 2.63. The van der Waals surface area contributed by atoms with E-state index in [1.165, 1.54) is 0 Å². The topological polar surface area (TPSA) is 92.4 Å². The van der Waals surface area contributed by atoms with Gasteiger partial charge in [-0.15, -0.1) is 0 Å². The summed E-state index contributed by atoms with van der Waals surface area (Å²) in [7, 11) is 0. The van der Waals surface area contributed by atoms with Crippen molar-refractivity contribution in [3.63, 3.8) is 0 Å². The Balaban J connectivity index is 2.15. The van der Waals surface area contributed by atoms with E-state index in [2.05, 4.69) is 5.32 Å². The number of nitrogens with two attached hydrogens (primary N) is 1. The second kappa shape index (κ2) is 8.91. The molecule has 1 amide bonds. The molecule has 0 aromatic rings. The van der Waals surface area contributed by atoms with Gasteiger partial charge in [0.1, 0.15) is 0 Å². The van der Waals surface area contributed by atoms with Gasteiger partial charge in [0, 0.05) is 12.5 Å². The summed E-state index contributed by atoms with van der Waals surface area (Å²) >= 11 is 0. The molecule has 1 rings (SSSR count). The van der Waals surface area contributed by atoms with Crippen molar-refractivity contribution in [2.45, 2.75) is 63.8 Å². The van der Waals surface area contributed by atoms with Crippen LogP contribution in [0.1, 0.15) is 57.8 Å². The Labute approximate surface area is 114 Å². The van der Waals surface area contributed by atoms with Gasteiger partial charge in [-0.3, -0.25) is 9.59 Å². The lowest BCUT2D eigenvalue weighted by Gasteiger charge is -2.27. The Morgan fingerprint density at radius 1 is 1.16 bits per heavy atom. The Hall–Kier alpha value is -1.10. The first-order chi connectivity index (χ1) is 9.13. The molecule has 5 nitrogen and oxygen atoms in total. The number of hydrogen-bond acceptors (Lipinski definition) is 3. The Kier molecular flexibility index (Phi) is 7.48. The summed E-state index contributed by atoms with van der Waals surface area (Å²) in [6.45, 7) is 0.713. The van der Waals surface area contributed by atoms with Crippen molar-refractivity contribution in [1.29, 1.82) is 0 Å². The lowest BCUT2D eigenvalue weighted by atomic mass is 9.86. The molecule has 2 unspecified atom stereocenters. The molecule has 0 aromatic heterocycles. The van der Waals surface area contributed by atoms with E-state index < -0.39 is 5.97 Å². The van der Waals surface area contributed by atoms with Crippen LogP contribution in [0.2, 0.25) is 0 Å². The highest BCUT2D eigenvalue weighted by Gasteiger charge is 2.27. The summed E-state index contributed by atoms with van der Waals surface area (Å²) < 4.78 is 0. The fourth-order valence-corrected chi connectivity index (χ4v) is 2.63. The number of nitrogens with one attached hydrogen (secondary N) is 1. The molecule has 5 heteroatoms. The van der Waals surface area contributed by atoms with Gasteiger partial charge in [0.15, 0.2) is 0 Å². The summed E-state index contributed by atoms with van der Waals surface area (Å²) in [6, 6.07) is 0.0476. The first-order valence-corrected chi connectivity index (χ1v) is 7.35. The van der Waals surface area contributed by atoms with E-state index in [1.54, 1.807) is 0 Å². The SMILES string of the molecule is NCCCCCCC(=O)NC1CCCC(C(=O)O)C1. The van der Waals surface area contributed by atoms with Crippen LogP contribution in [0.4, 0.5) is 0 Å². The summed E-state index contributed by atoms with van der Waals surface area (Å²) in [5.74, 6) is -0.965. The maximum atomic E-state index is 11.7. The molecule has 0 aromatic carbocycles. The molecule has 0 saturated heterocycles. The number of hydrogen-bond donors (Lipinski definition) is 3. The molecule has 1 aliphatic carbocycles. The number of aliphatic carboxylic acids is 1. The van der Waals surface area contributed by atoms with Crippen molar-refractivity contribution in [1.82, 2.24) is 5.32 Å². The molecule has 1 aliphatic rings. The van der Waals surface area contributed by atoms with Gasteiger partial charge in [-0.1, -0.05) is 19.3 Å². The van der Waals surface area contributed by atoms with Crippen molar-refractivity contribution < 1.29 is 14.7 Å². The highest BCUT2D eigenvalue weighted by molar-refractivity contribution is 5.76. The minimum atomic E-state index is -0.735. The second-order valence-electron chi connectivity index (χ2n) is 5.42. The molecule has 1 fully saturated rings. The molecule has 0 heterocycles. The lowest BCUT2D eigenvalue weighted by Crippen LogP contribution is -2.39. The summed E-state index contributed by atoms with van der Waals surface area (Å²) in [4.78, 5) is 22.7. The minimum absolute atomic E-state index is 0.0476. The van der Waals surface area contributed by atoms with Crippen LogP contribution < -0.4 is 11.1 Å². The number of amides is 1. The van der Waals surface area contributed by atoms with Crippen molar-refractivity contribution in [2.75, 3.05) is 6.54 Å². The highest BCUT2D eigenvalue weighted by Crippen LogP contribution is 2.24. The average Bonchev–Trinajstić information content (AvgIpc) is 2.38. The standard InChI is InChI=1S/C14H26N2O3/c15-9-4-2-1-3-8-13(17)16-12-7-5-6-11(10-12)14(18)19/h11-12H,1-10,15H2,(H,16,17)(H,18,19). The zero-order chi connectivity index (χ0) is 14.1. The average molecular weight is 270 g/mol. The zero-order valence-electron chi connectivity index (χ0n) is 11.6. The van der Waals surface area contributed by atoms with Gasteiger partial charge in [0.05, 0.1) is 5.92 Å². The van der Waals surface area contributed by atoms with E-state index in [4.69, 9.17) is 10.8 Å². The van der Waals surface area contributed by atoms with Crippen molar-refractivity contribution in [2.24, 2.45) is 11.7 Å². The number of unbranched alkanes of at least 4 members (excludes halogenated alkanes) is 3. The van der Waals surface area contributed by atoms with Crippen LogP contribution in [0.15, 0.2) is 0 Å². The normalized spacial score (nSPS) is 23.0. The van der Waals surface area contributed by atoms with Gasteiger partial charge in [0.2, 0.25) is 5.91 Å². The molecule has 0 bridgehead atoms. The third kappa shape index (κ3) is 6.57. The second-order valence-corrected chi connectivity index (χ2v) is 5.42. The molecule has 19 heavy (non-hydrogen) atoms. The predicted octanol–water partition coefficient (Wildman–Crippen LogP) is 1.66. The Bertz CT molecular complexity index is 294. The minimum Gasteiger partial charge on any atom is -0.481 e. The zero-order valence-corrected chi connectivity index (χ0v) is 11.6. The number of carbonyl (C=O) groups is 2. The molecule has 0 radical (unpaired) electrons. The summed E-state index contributed by atoms with van der Waals surface area (Å²) in [5.41, 5.74) is 5.40. The number of carboxylic acids is 1. The first kappa shape index (κ1) is 16.0. The summed E-state index contributed by atoms with van der Waals surface area (Å²) in [5, 5.41) is 12.0. The van der Waals surface area contributed by atoms with Gasteiger partial charge in [-0.2, -0.15) is 0 Å². The molecule has 1 saturated carbocycles. The number of carboxylic acid groups (broad SMARTS) is 1. The summed E-state index contributed by atoms with van der Waals surface area (Å²) in [6.07, 6.45) is 7.67. The molecule has 4 N–H and O–H groups in total. The molecule has 2 atom stereocenters. The van der Waals surface area contributed by atoms with Crippen molar-refractivity contribution >= 4 is 11.9 Å². The highest BCUT2D eigenvalue weighted by atomic mass is 16.4. The maximum Gasteiger partial charge on any atom is 0.306 e. The van der Waals surface area contributed by atoms with E-state index >= 15 is 0 Å². The van der Waals surface area contributed by atoms with Crippen LogP contribution >= 0.6 is 0 Å². The van der Waals surface area contributed by atoms with Crippen LogP contribution in [-0.2, 0) is 9.59 Å². The Morgan fingerprint density at radius 3 is 2.58 bits per heavy atom. The largest absolute Gasteiger partial charge is 0.481 e. The predicted molar refractivity (Wildman–Crippen MR) is 73.7 cm³/mol. The monoisotopic (exact) mass is 270 g/mol. The van der Waals surface area contributed by atoms with Gasteiger partial charge in [0.25, 0.3) is 0 Å². The van der Waals surface area contributed by atoms with Gasteiger partial charge >= 0.3 is 5.97 Å². The van der Waals surface area contributed by atoms with Gasteiger partial charge in [-0.05, 0) is 38.6 Å². The number of rotatable bonds is 8. The molecule has 0 aliphatic heterocycles. The van der Waals surface area contributed by atoms with Crippen LogP contribution in [0.25, 0.3) is 0 Å². The molecule has 110 valence electrons. The van der Waals surface area contributed by atoms with Gasteiger partial charge < -0.3 is 16.2 Å². The van der Waals surface area contributed by atoms with Crippen molar-refractivity contribution in [3.8, 4) is 0 Å². The van der Waals surface area contributed by atoms with Crippen LogP contribution in [-0.4, -0.2) is 29.6 Å². The van der Waals surface area contributed by atoms with Crippen LogP contribution in [0, 0.1) is 5.92 Å². The van der Waals surface area contributed by atoms with E-state index in [0.717, 1.165) is 44.9 Å². The number of carbonyl (C=O) groups excluding carboxylic acids is 1.